The van der Waals surface area contributed by atoms with Gasteiger partial charge in [0.2, 0.25) is 11.8 Å². The number of aromatic nitrogens is 1. The first-order chi connectivity index (χ1) is 16.8. The van der Waals surface area contributed by atoms with E-state index in [2.05, 4.69) is 20.9 Å². The second kappa shape index (κ2) is 10.3. The molecule has 3 aromatic rings. The van der Waals surface area contributed by atoms with E-state index in [9.17, 15) is 14.4 Å². The number of benzene rings is 2. The van der Waals surface area contributed by atoms with Gasteiger partial charge in [0.15, 0.2) is 0 Å². The Bertz CT molecular complexity index is 1320. The molecule has 2 aromatic carbocycles. The number of hydrogen-bond acceptors (Lipinski definition) is 4. The highest BCUT2D eigenvalue weighted by atomic mass is 16.2. The molecule has 3 amide bonds. The molecule has 1 aromatic heterocycles. The minimum atomic E-state index is -0.175. The summed E-state index contributed by atoms with van der Waals surface area (Å²) >= 11 is 0. The number of carbonyl (C=O) groups excluding carboxylic acids is 3. The van der Waals surface area contributed by atoms with E-state index in [-0.39, 0.29) is 17.7 Å². The number of para-hydroxylation sites is 2. The fraction of sp³-hybridized carbons (Fsp3) is 0.222. The lowest BCUT2D eigenvalue weighted by atomic mass is 10.0. The van der Waals surface area contributed by atoms with Crippen LogP contribution in [-0.2, 0) is 14.4 Å². The van der Waals surface area contributed by atoms with Crippen LogP contribution in [0.2, 0.25) is 0 Å². The number of carbonyl (C=O) groups is 3. The molecular weight excluding hydrogens is 442 g/mol. The number of nitrogens with one attached hydrogen (secondary N) is 4. The van der Waals surface area contributed by atoms with Crippen molar-refractivity contribution in [3.05, 3.63) is 71.0 Å². The molecule has 0 aliphatic carbocycles. The number of aromatic amines is 1. The fourth-order valence-electron chi connectivity index (χ4n) is 4.07. The number of nitrogens with two attached hydrogens (primary N) is 1. The molecule has 0 saturated heterocycles. The van der Waals surface area contributed by atoms with Crippen LogP contribution in [0.15, 0.2) is 48.5 Å². The first kappa shape index (κ1) is 23.8. The van der Waals surface area contributed by atoms with Crippen LogP contribution in [0.1, 0.15) is 48.2 Å². The average Bonchev–Trinajstić information content (AvgIpc) is 3.30. The number of hydrogen-bond donors (Lipinski definition) is 5. The molecule has 0 atom stereocenters. The molecule has 0 saturated carbocycles. The second-order valence-corrected chi connectivity index (χ2v) is 8.71. The van der Waals surface area contributed by atoms with Gasteiger partial charge in [0.05, 0.1) is 16.9 Å². The van der Waals surface area contributed by atoms with E-state index in [1.165, 1.54) is 0 Å². The topological polar surface area (TPSA) is 129 Å². The van der Waals surface area contributed by atoms with Gasteiger partial charge in [-0.3, -0.25) is 14.4 Å². The van der Waals surface area contributed by atoms with Crippen molar-refractivity contribution in [3.8, 4) is 0 Å². The summed E-state index contributed by atoms with van der Waals surface area (Å²) in [6.07, 6.45) is 3.59. The quantitative estimate of drug-likeness (QED) is 0.183. The van der Waals surface area contributed by atoms with E-state index in [0.717, 1.165) is 22.5 Å². The summed E-state index contributed by atoms with van der Waals surface area (Å²) in [5, 5.41) is 8.55. The largest absolute Gasteiger partial charge is 0.397 e. The Morgan fingerprint density at radius 3 is 2.37 bits per heavy atom. The van der Waals surface area contributed by atoms with Crippen LogP contribution in [-0.4, -0.2) is 22.7 Å². The van der Waals surface area contributed by atoms with Gasteiger partial charge in [-0.05, 0) is 74.7 Å². The van der Waals surface area contributed by atoms with Crippen LogP contribution < -0.4 is 21.7 Å². The molecule has 0 bridgehead atoms. The number of rotatable bonds is 8. The van der Waals surface area contributed by atoms with Gasteiger partial charge in [0.25, 0.3) is 5.91 Å². The van der Waals surface area contributed by atoms with Crippen molar-refractivity contribution in [1.82, 2.24) is 4.98 Å². The molecule has 0 radical (unpaired) electrons. The lowest BCUT2D eigenvalue weighted by Gasteiger charge is -2.09. The third-order valence-corrected chi connectivity index (χ3v) is 5.86. The highest BCUT2D eigenvalue weighted by molar-refractivity contribution is 6.35. The van der Waals surface area contributed by atoms with Gasteiger partial charge < -0.3 is 26.7 Å². The van der Waals surface area contributed by atoms with Crippen molar-refractivity contribution in [1.29, 1.82) is 0 Å². The minimum absolute atomic E-state index is 0.133. The summed E-state index contributed by atoms with van der Waals surface area (Å²) in [6, 6.07) is 14.5. The van der Waals surface area contributed by atoms with Gasteiger partial charge in [-0.1, -0.05) is 12.1 Å². The number of fused-ring (bicyclic) bond motifs is 1. The minimum Gasteiger partial charge on any atom is -0.397 e. The molecule has 0 fully saturated rings. The second-order valence-electron chi connectivity index (χ2n) is 8.71. The normalized spacial score (nSPS) is 13.4. The van der Waals surface area contributed by atoms with Crippen molar-refractivity contribution in [2.75, 3.05) is 21.7 Å². The third-order valence-electron chi connectivity index (χ3n) is 5.86. The molecule has 4 rings (SSSR count). The van der Waals surface area contributed by atoms with Gasteiger partial charge in [-0.2, -0.15) is 0 Å². The van der Waals surface area contributed by atoms with Crippen LogP contribution in [0.4, 0.5) is 22.7 Å². The number of nitrogen functional groups attached to an aromatic ring is 1. The van der Waals surface area contributed by atoms with Gasteiger partial charge in [0.1, 0.15) is 0 Å². The summed E-state index contributed by atoms with van der Waals surface area (Å²) in [5.41, 5.74) is 12.5. The molecule has 180 valence electrons. The highest BCUT2D eigenvalue weighted by Gasteiger charge is 2.25. The number of aryl methyl sites for hydroxylation is 2. The van der Waals surface area contributed by atoms with Gasteiger partial charge in [0, 0.05) is 41.2 Å². The molecule has 0 spiro atoms. The van der Waals surface area contributed by atoms with E-state index in [0.29, 0.717) is 54.0 Å². The van der Waals surface area contributed by atoms with Crippen molar-refractivity contribution in [3.63, 3.8) is 0 Å². The molecule has 2 heterocycles. The van der Waals surface area contributed by atoms with Crippen molar-refractivity contribution in [2.24, 2.45) is 0 Å². The van der Waals surface area contributed by atoms with Gasteiger partial charge in [-0.25, -0.2) is 0 Å². The van der Waals surface area contributed by atoms with Gasteiger partial charge in [-0.15, -0.1) is 0 Å². The van der Waals surface area contributed by atoms with Crippen molar-refractivity contribution in [2.45, 2.75) is 39.5 Å². The molecule has 35 heavy (non-hydrogen) atoms. The van der Waals surface area contributed by atoms with Crippen LogP contribution in [0.3, 0.4) is 0 Å². The van der Waals surface area contributed by atoms with E-state index >= 15 is 0 Å². The van der Waals surface area contributed by atoms with E-state index in [1.54, 1.807) is 36.4 Å². The molecule has 1 aliphatic heterocycles. The van der Waals surface area contributed by atoms with Crippen LogP contribution in [0, 0.1) is 13.8 Å². The summed E-state index contributed by atoms with van der Waals surface area (Å²) < 4.78 is 0. The maximum Gasteiger partial charge on any atom is 0.256 e. The Labute approximate surface area is 204 Å². The van der Waals surface area contributed by atoms with Crippen LogP contribution in [0.5, 0.6) is 0 Å². The van der Waals surface area contributed by atoms with Gasteiger partial charge >= 0.3 is 0 Å². The first-order valence-electron chi connectivity index (χ1n) is 11.6. The first-order valence-corrected chi connectivity index (χ1v) is 11.6. The van der Waals surface area contributed by atoms with E-state index in [4.69, 9.17) is 5.73 Å². The predicted octanol–water partition coefficient (Wildman–Crippen LogP) is 4.84. The zero-order valence-electron chi connectivity index (χ0n) is 19.8. The molecule has 8 heteroatoms. The Balaban J connectivity index is 1.31. The molecular formula is C27H29N5O3. The maximum atomic E-state index is 12.5. The summed E-state index contributed by atoms with van der Waals surface area (Å²) in [7, 11) is 0. The maximum absolute atomic E-state index is 12.5. The van der Waals surface area contributed by atoms with Crippen LogP contribution in [0.25, 0.3) is 11.6 Å². The number of unbranched alkanes of at least 4 members (excludes halogenated alkanes) is 1. The fourth-order valence-corrected chi connectivity index (χ4v) is 4.07. The Kier molecular flexibility index (Phi) is 7.01. The predicted molar refractivity (Wildman–Crippen MR) is 140 cm³/mol. The summed E-state index contributed by atoms with van der Waals surface area (Å²) in [5.74, 6) is -0.451. The average molecular weight is 472 g/mol. The zero-order valence-corrected chi connectivity index (χ0v) is 19.8. The SMILES string of the molecule is Cc1cc(C)c(/C=C2\C(=O)Nc3ccc(NC(=O)CCCCC(=O)Nc4ccccc4N)cc32)[nH]1. The summed E-state index contributed by atoms with van der Waals surface area (Å²) in [6.45, 7) is 3.96. The third kappa shape index (κ3) is 5.78. The Hall–Kier alpha value is -4.33. The Morgan fingerprint density at radius 1 is 0.971 bits per heavy atom. The van der Waals surface area contributed by atoms with Crippen LogP contribution >= 0.6 is 0 Å². The molecule has 8 nitrogen and oxygen atoms in total. The van der Waals surface area contributed by atoms with Crippen molar-refractivity contribution < 1.29 is 14.4 Å². The number of amides is 3. The van der Waals surface area contributed by atoms with Crippen molar-refractivity contribution >= 4 is 52.1 Å². The molecule has 6 N–H and O–H groups in total. The smallest absolute Gasteiger partial charge is 0.256 e. The van der Waals surface area contributed by atoms with E-state index in [1.807, 2.05) is 32.1 Å². The zero-order chi connectivity index (χ0) is 24.9. The lowest BCUT2D eigenvalue weighted by Crippen LogP contribution is -2.14. The highest BCUT2D eigenvalue weighted by Crippen LogP contribution is 2.35. The lowest BCUT2D eigenvalue weighted by molar-refractivity contribution is -0.118. The summed E-state index contributed by atoms with van der Waals surface area (Å²) in [4.78, 5) is 40.3. The molecule has 1 aliphatic rings. The molecule has 0 unspecified atom stereocenters. The number of H-pyrrole nitrogens is 1. The standard InChI is InChI=1S/C27H29N5O3/c1-16-13-17(2)29-24(16)15-20-19-14-18(11-12-22(19)32-27(20)35)30-25(33)9-5-6-10-26(34)31-23-8-4-3-7-21(23)28/h3-4,7-8,11-15,29H,5-6,9-10,28H2,1-2H3,(H,30,33)(H,31,34)(H,32,35)/b20-15-. The Morgan fingerprint density at radius 2 is 1.69 bits per heavy atom. The van der Waals surface area contributed by atoms with E-state index < -0.39 is 0 Å². The number of anilines is 4. The monoisotopic (exact) mass is 471 g/mol.